The Morgan fingerprint density at radius 3 is 1.12 bits per heavy atom. The van der Waals surface area contributed by atoms with Crippen LogP contribution in [0.5, 0.6) is 0 Å². The summed E-state index contributed by atoms with van der Waals surface area (Å²) in [7, 11) is 0. The number of hydrogen-bond donors (Lipinski definition) is 0. The first-order valence-corrected chi connectivity index (χ1v) is 10.6. The van der Waals surface area contributed by atoms with Crippen LogP contribution in [-0.4, -0.2) is 0 Å². The zero-order valence-electron chi connectivity index (χ0n) is 16.0. The summed E-state index contributed by atoms with van der Waals surface area (Å²) in [4.78, 5) is 6.23. The van der Waals surface area contributed by atoms with Crippen LogP contribution in [-0.2, 0) is 6.42 Å². The minimum Gasteiger partial charge on any atom is -0.144 e. The Bertz CT molecular complexity index is 532. The second-order valence-electron chi connectivity index (χ2n) is 7.86. The molecule has 2 rings (SSSR count). The molecule has 0 aliphatic carbocycles. The molecule has 0 aromatic carbocycles. The maximum Gasteiger partial charge on any atom is 0.0164 e. The zero-order valence-corrected chi connectivity index (χ0v) is 17.6. The van der Waals surface area contributed by atoms with E-state index in [9.17, 15) is 0 Å². The summed E-state index contributed by atoms with van der Waals surface area (Å²) in [5.74, 6) is 2.51. The third-order valence-electron chi connectivity index (χ3n) is 4.33. The lowest BCUT2D eigenvalue weighted by molar-refractivity contribution is 0.809. The van der Waals surface area contributed by atoms with Crippen LogP contribution in [0.15, 0.2) is 12.1 Å². The molecule has 2 aromatic heterocycles. The van der Waals surface area contributed by atoms with E-state index in [-0.39, 0.29) is 14.9 Å². The van der Waals surface area contributed by atoms with Crippen molar-refractivity contribution < 1.29 is 0 Å². The van der Waals surface area contributed by atoms with Gasteiger partial charge >= 0.3 is 0 Å². The van der Waals surface area contributed by atoms with Gasteiger partial charge in [0.05, 0.1) is 0 Å². The summed E-state index contributed by atoms with van der Waals surface area (Å²) >= 11 is 4.06. The van der Waals surface area contributed by atoms with Gasteiger partial charge in [-0.3, -0.25) is 0 Å². The zero-order chi connectivity index (χ0) is 17.3. The third-order valence-corrected chi connectivity index (χ3v) is 7.23. The molecule has 0 atom stereocenters. The van der Waals surface area contributed by atoms with E-state index in [4.69, 9.17) is 0 Å². The summed E-state index contributed by atoms with van der Waals surface area (Å²) in [6.07, 6.45) is 1.11. The molecule has 0 N–H and O–H groups in total. The normalized spacial score (nSPS) is 11.4. The van der Waals surface area contributed by atoms with Gasteiger partial charge in [-0.15, -0.1) is 22.7 Å². The molecule has 0 spiro atoms. The molecule has 25 heavy (non-hydrogen) atoms. The molecule has 0 saturated heterocycles. The lowest BCUT2D eigenvalue weighted by Gasteiger charge is -2.08. The summed E-state index contributed by atoms with van der Waals surface area (Å²) in [5.41, 5.74) is 3.12. The molecule has 0 radical (unpaired) electrons. The second-order valence-corrected chi connectivity index (χ2v) is 10.2. The molecule has 0 nitrogen and oxygen atoms in total. The Hall–Kier alpha value is -0.600. The molecule has 2 heterocycles. The molecule has 0 amide bonds. The molecule has 0 aliphatic heterocycles. The molecule has 0 bridgehead atoms. The van der Waals surface area contributed by atoms with E-state index in [0.29, 0.717) is 23.7 Å². The Balaban J connectivity index is 0.00000288. The Morgan fingerprint density at radius 2 is 0.920 bits per heavy atom. The van der Waals surface area contributed by atoms with Crippen LogP contribution in [0, 0.1) is 0 Å². The van der Waals surface area contributed by atoms with Crippen molar-refractivity contribution in [1.82, 2.24) is 0 Å². The van der Waals surface area contributed by atoms with E-state index in [0.717, 1.165) is 6.42 Å². The van der Waals surface area contributed by atoms with Gasteiger partial charge in [0.1, 0.15) is 0 Å². The molecule has 144 valence electrons. The SMILES string of the molecule is C.C.CC(C)c1cc(Cc2cc(C(C)C)c(C(C)C)s2)sc1C(C)C. The van der Waals surface area contributed by atoms with Crippen molar-refractivity contribution in [1.29, 1.82) is 0 Å². The van der Waals surface area contributed by atoms with Crippen molar-refractivity contribution in [2.45, 2.75) is 100 Å². The number of rotatable bonds is 6. The van der Waals surface area contributed by atoms with Crippen molar-refractivity contribution in [3.05, 3.63) is 42.8 Å². The highest BCUT2D eigenvalue weighted by molar-refractivity contribution is 7.13. The van der Waals surface area contributed by atoms with E-state index in [2.05, 4.69) is 67.5 Å². The molecule has 2 heteroatoms. The highest BCUT2D eigenvalue weighted by Crippen LogP contribution is 2.38. The highest BCUT2D eigenvalue weighted by Gasteiger charge is 2.18. The van der Waals surface area contributed by atoms with Crippen LogP contribution < -0.4 is 0 Å². The van der Waals surface area contributed by atoms with E-state index < -0.39 is 0 Å². The molecule has 0 fully saturated rings. The topological polar surface area (TPSA) is 0 Å². The lowest BCUT2D eigenvalue weighted by Crippen LogP contribution is -1.92. The molecule has 0 saturated carbocycles. The monoisotopic (exact) mass is 380 g/mol. The first-order chi connectivity index (χ1) is 10.7. The number of thiophene rings is 2. The lowest BCUT2D eigenvalue weighted by atomic mass is 9.98. The molecule has 2 aromatic rings. The largest absolute Gasteiger partial charge is 0.144 e. The van der Waals surface area contributed by atoms with Gasteiger partial charge in [0.15, 0.2) is 0 Å². The maximum absolute atomic E-state index is 2.47. The minimum atomic E-state index is 0. The summed E-state index contributed by atoms with van der Waals surface area (Å²) in [6, 6.07) is 4.93. The van der Waals surface area contributed by atoms with Gasteiger partial charge < -0.3 is 0 Å². The van der Waals surface area contributed by atoms with Crippen LogP contribution in [0.1, 0.15) is 125 Å². The summed E-state index contributed by atoms with van der Waals surface area (Å²) in [5, 5.41) is 0. The Morgan fingerprint density at radius 1 is 0.600 bits per heavy atom. The molecule has 0 unspecified atom stereocenters. The highest BCUT2D eigenvalue weighted by atomic mass is 32.1. The van der Waals surface area contributed by atoms with Gasteiger partial charge in [0.25, 0.3) is 0 Å². The van der Waals surface area contributed by atoms with Gasteiger partial charge in [0.2, 0.25) is 0 Å². The van der Waals surface area contributed by atoms with Crippen LogP contribution >= 0.6 is 22.7 Å². The van der Waals surface area contributed by atoms with Crippen molar-refractivity contribution in [2.75, 3.05) is 0 Å². The third kappa shape index (κ3) is 5.69. The van der Waals surface area contributed by atoms with Crippen LogP contribution in [0.4, 0.5) is 0 Å². The maximum atomic E-state index is 2.47. The van der Waals surface area contributed by atoms with E-state index >= 15 is 0 Å². The quantitative estimate of drug-likeness (QED) is 0.468. The van der Waals surface area contributed by atoms with Gasteiger partial charge in [-0.1, -0.05) is 70.2 Å². The molecule has 0 aliphatic rings. The van der Waals surface area contributed by atoms with Gasteiger partial charge in [-0.05, 0) is 46.9 Å². The number of hydrogen-bond acceptors (Lipinski definition) is 2. The van der Waals surface area contributed by atoms with Crippen molar-refractivity contribution in [3.8, 4) is 0 Å². The average molecular weight is 381 g/mol. The second kappa shape index (κ2) is 9.92. The fraction of sp³-hybridized carbons (Fsp3) is 0.652. The Labute approximate surface area is 165 Å². The van der Waals surface area contributed by atoms with Gasteiger partial charge in [-0.2, -0.15) is 0 Å². The van der Waals surface area contributed by atoms with Crippen LogP contribution in [0.3, 0.4) is 0 Å². The van der Waals surface area contributed by atoms with Crippen molar-refractivity contribution in [2.24, 2.45) is 0 Å². The standard InChI is InChI=1S/C21H32S2.2CH4/c1-12(2)18-10-16(22-20(18)14(5)6)9-17-11-19(13(3)4)21(23-17)15(7)8;;/h10-15H,9H2,1-8H3;2*1H4. The fourth-order valence-electron chi connectivity index (χ4n) is 3.10. The Kier molecular flexibility index (Phi) is 9.68. The molecular formula is C23H40S2. The first-order valence-electron chi connectivity index (χ1n) is 8.95. The predicted molar refractivity (Wildman–Crippen MR) is 121 cm³/mol. The van der Waals surface area contributed by atoms with Crippen LogP contribution in [0.2, 0.25) is 0 Å². The average Bonchev–Trinajstić information content (AvgIpc) is 3.03. The summed E-state index contributed by atoms with van der Waals surface area (Å²) < 4.78 is 0. The van der Waals surface area contributed by atoms with E-state index in [1.807, 2.05) is 22.7 Å². The van der Waals surface area contributed by atoms with Crippen LogP contribution in [0.25, 0.3) is 0 Å². The van der Waals surface area contributed by atoms with Gasteiger partial charge in [0, 0.05) is 25.9 Å². The van der Waals surface area contributed by atoms with Gasteiger partial charge in [-0.25, -0.2) is 0 Å². The minimum absolute atomic E-state index is 0. The predicted octanol–water partition coefficient (Wildman–Crippen LogP) is 9.17. The first kappa shape index (κ1) is 24.4. The van der Waals surface area contributed by atoms with Crippen molar-refractivity contribution >= 4 is 22.7 Å². The smallest absolute Gasteiger partial charge is 0.0164 e. The summed E-state index contributed by atoms with van der Waals surface area (Å²) in [6.45, 7) is 18.5. The fourth-order valence-corrected chi connectivity index (χ4v) is 5.88. The molecular weight excluding hydrogens is 340 g/mol. The van der Waals surface area contributed by atoms with Crippen molar-refractivity contribution in [3.63, 3.8) is 0 Å². The van der Waals surface area contributed by atoms with E-state index in [1.54, 1.807) is 20.9 Å². The van der Waals surface area contributed by atoms with E-state index in [1.165, 1.54) is 9.75 Å².